The van der Waals surface area contributed by atoms with Crippen LogP contribution in [-0.4, -0.2) is 31.5 Å². The van der Waals surface area contributed by atoms with Crippen LogP contribution in [0.4, 0.5) is 0 Å². The second kappa shape index (κ2) is 5.55. The molecule has 18 heavy (non-hydrogen) atoms. The molecule has 2 atom stereocenters. The van der Waals surface area contributed by atoms with Gasteiger partial charge < -0.3 is 5.11 Å². The van der Waals surface area contributed by atoms with Crippen molar-refractivity contribution in [3.8, 4) is 0 Å². The fourth-order valence-electron chi connectivity index (χ4n) is 2.50. The van der Waals surface area contributed by atoms with E-state index in [1.807, 2.05) is 23.5 Å². The lowest BCUT2D eigenvalue weighted by Crippen LogP contribution is -2.35. The average Bonchev–Trinajstić information content (AvgIpc) is 2.89. The Balaban J connectivity index is 2.16. The van der Waals surface area contributed by atoms with Crippen molar-refractivity contribution >= 4 is 27.7 Å². The minimum absolute atomic E-state index is 0.0100. The number of thioether (sulfide) groups is 1. The van der Waals surface area contributed by atoms with E-state index in [0.717, 1.165) is 28.7 Å². The zero-order valence-corrected chi connectivity index (χ0v) is 13.6. The Hall–Kier alpha value is -0.000000000000000111. The van der Waals surface area contributed by atoms with Crippen LogP contribution in [0.3, 0.4) is 0 Å². The van der Waals surface area contributed by atoms with Gasteiger partial charge in [0, 0.05) is 18.2 Å². The molecule has 2 unspecified atom stereocenters. The zero-order chi connectivity index (χ0) is 13.3. The molecule has 2 rings (SSSR count). The Morgan fingerprint density at radius 2 is 2.33 bits per heavy atom. The summed E-state index contributed by atoms with van der Waals surface area (Å²) in [4.78, 5) is 0. The molecule has 102 valence electrons. The van der Waals surface area contributed by atoms with Gasteiger partial charge in [-0.25, -0.2) is 0 Å². The number of nitrogens with zero attached hydrogens (tertiary/aromatic N) is 2. The van der Waals surface area contributed by atoms with Crippen LogP contribution >= 0.6 is 27.7 Å². The van der Waals surface area contributed by atoms with Crippen molar-refractivity contribution in [2.75, 3.05) is 5.75 Å². The molecule has 0 radical (unpaired) electrons. The summed E-state index contributed by atoms with van der Waals surface area (Å²) in [6, 6.07) is 0. The lowest BCUT2D eigenvalue weighted by atomic mass is 9.95. The number of aliphatic hydroxyl groups is 1. The molecule has 1 fully saturated rings. The molecule has 1 aromatic heterocycles. The van der Waals surface area contributed by atoms with Gasteiger partial charge in [-0.2, -0.15) is 16.9 Å². The number of rotatable bonds is 4. The molecule has 0 amide bonds. The van der Waals surface area contributed by atoms with E-state index >= 15 is 0 Å². The maximum absolute atomic E-state index is 10.5. The van der Waals surface area contributed by atoms with Crippen molar-refractivity contribution in [1.82, 2.24) is 9.78 Å². The van der Waals surface area contributed by atoms with Crippen LogP contribution in [0.5, 0.6) is 0 Å². The van der Waals surface area contributed by atoms with Crippen LogP contribution in [-0.2, 0) is 19.9 Å². The fraction of sp³-hybridized carbons (Fsp3) is 0.769. The van der Waals surface area contributed by atoms with Crippen molar-refractivity contribution < 1.29 is 5.11 Å². The first-order chi connectivity index (χ1) is 8.48. The number of aromatic nitrogens is 2. The Morgan fingerprint density at radius 3 is 2.83 bits per heavy atom. The number of aryl methyl sites for hydroxylation is 2. The van der Waals surface area contributed by atoms with Crippen LogP contribution < -0.4 is 0 Å². The summed E-state index contributed by atoms with van der Waals surface area (Å²) in [7, 11) is 1.95. The van der Waals surface area contributed by atoms with Crippen molar-refractivity contribution in [2.24, 2.45) is 7.05 Å². The third-order valence-electron chi connectivity index (χ3n) is 3.84. The van der Waals surface area contributed by atoms with E-state index < -0.39 is 0 Å². The lowest BCUT2D eigenvalue weighted by Gasteiger charge is -2.29. The summed E-state index contributed by atoms with van der Waals surface area (Å²) in [6.45, 7) is 4.28. The molecule has 1 aliphatic heterocycles. The molecule has 2 heterocycles. The predicted molar refractivity (Wildman–Crippen MR) is 80.1 cm³/mol. The second-order valence-corrected chi connectivity index (χ2v) is 7.59. The topological polar surface area (TPSA) is 38.0 Å². The van der Waals surface area contributed by atoms with Crippen LogP contribution in [0.25, 0.3) is 0 Å². The molecule has 0 aliphatic carbocycles. The summed E-state index contributed by atoms with van der Waals surface area (Å²) >= 11 is 5.52. The van der Waals surface area contributed by atoms with Crippen molar-refractivity contribution in [3.63, 3.8) is 0 Å². The Kier molecular flexibility index (Phi) is 4.44. The number of hydrogen-bond acceptors (Lipinski definition) is 3. The molecule has 0 spiro atoms. The first kappa shape index (κ1) is 14.4. The average molecular weight is 333 g/mol. The van der Waals surface area contributed by atoms with Gasteiger partial charge in [0.15, 0.2) is 0 Å². The summed E-state index contributed by atoms with van der Waals surface area (Å²) in [6.07, 6.45) is 3.60. The largest absolute Gasteiger partial charge is 0.391 e. The molecule has 0 aromatic carbocycles. The van der Waals surface area contributed by atoms with E-state index in [4.69, 9.17) is 0 Å². The van der Waals surface area contributed by atoms with Gasteiger partial charge in [0.25, 0.3) is 0 Å². The zero-order valence-electron chi connectivity index (χ0n) is 11.2. The Morgan fingerprint density at radius 1 is 1.61 bits per heavy atom. The van der Waals surface area contributed by atoms with E-state index in [2.05, 4.69) is 34.9 Å². The summed E-state index contributed by atoms with van der Waals surface area (Å²) in [5, 5.41) is 15.0. The van der Waals surface area contributed by atoms with Gasteiger partial charge in [-0.3, -0.25) is 4.68 Å². The molecule has 3 nitrogen and oxygen atoms in total. The third kappa shape index (κ3) is 2.63. The highest BCUT2D eigenvalue weighted by Gasteiger charge is 2.37. The molecule has 0 bridgehead atoms. The standard InChI is InChI=1S/C13H21BrN2OS/c1-4-9-12(14)10(16(3)15-9)8-11(17)13(2)6-5-7-18-13/h11,17H,4-8H2,1-3H3. The van der Waals surface area contributed by atoms with E-state index in [-0.39, 0.29) is 10.9 Å². The monoisotopic (exact) mass is 332 g/mol. The van der Waals surface area contributed by atoms with E-state index in [1.165, 1.54) is 12.2 Å². The van der Waals surface area contributed by atoms with Gasteiger partial charge in [-0.15, -0.1) is 0 Å². The minimum atomic E-state index is -0.304. The van der Waals surface area contributed by atoms with E-state index in [0.29, 0.717) is 6.42 Å². The number of aliphatic hydroxyl groups excluding tert-OH is 1. The fourth-order valence-corrected chi connectivity index (χ4v) is 4.60. The van der Waals surface area contributed by atoms with E-state index in [1.54, 1.807) is 0 Å². The highest BCUT2D eigenvalue weighted by Crippen LogP contribution is 2.41. The molecule has 1 aliphatic rings. The first-order valence-electron chi connectivity index (χ1n) is 6.50. The number of halogens is 1. The molecule has 1 saturated heterocycles. The van der Waals surface area contributed by atoms with Gasteiger partial charge in [0.05, 0.1) is 22.0 Å². The van der Waals surface area contributed by atoms with Crippen LogP contribution in [0.2, 0.25) is 0 Å². The van der Waals surface area contributed by atoms with Gasteiger partial charge in [0.1, 0.15) is 0 Å². The first-order valence-corrected chi connectivity index (χ1v) is 8.28. The van der Waals surface area contributed by atoms with Gasteiger partial charge >= 0.3 is 0 Å². The highest BCUT2D eigenvalue weighted by atomic mass is 79.9. The molecule has 0 saturated carbocycles. The second-order valence-electron chi connectivity index (χ2n) is 5.17. The summed E-state index contributed by atoms with van der Waals surface area (Å²) in [5.41, 5.74) is 2.18. The van der Waals surface area contributed by atoms with Crippen LogP contribution in [0.15, 0.2) is 4.47 Å². The Labute approximate surface area is 121 Å². The van der Waals surface area contributed by atoms with Crippen molar-refractivity contribution in [2.45, 2.75) is 50.4 Å². The summed E-state index contributed by atoms with van der Waals surface area (Å²) in [5.74, 6) is 1.17. The molecule has 5 heteroatoms. The molecule has 1 N–H and O–H groups in total. The van der Waals surface area contributed by atoms with Gasteiger partial charge in [0.2, 0.25) is 0 Å². The lowest BCUT2D eigenvalue weighted by molar-refractivity contribution is 0.131. The quantitative estimate of drug-likeness (QED) is 0.921. The maximum atomic E-state index is 10.5. The third-order valence-corrected chi connectivity index (χ3v) is 6.39. The van der Waals surface area contributed by atoms with Crippen molar-refractivity contribution in [3.05, 3.63) is 15.9 Å². The minimum Gasteiger partial charge on any atom is -0.391 e. The van der Waals surface area contributed by atoms with Gasteiger partial charge in [-0.05, 0) is 47.9 Å². The van der Waals surface area contributed by atoms with Crippen LogP contribution in [0.1, 0.15) is 38.1 Å². The normalized spacial score (nSPS) is 25.6. The van der Waals surface area contributed by atoms with Gasteiger partial charge in [-0.1, -0.05) is 6.92 Å². The summed E-state index contributed by atoms with van der Waals surface area (Å²) < 4.78 is 2.98. The van der Waals surface area contributed by atoms with Crippen molar-refractivity contribution in [1.29, 1.82) is 0 Å². The number of hydrogen-bond donors (Lipinski definition) is 1. The predicted octanol–water partition coefficient (Wildman–Crippen LogP) is 2.93. The molecular formula is C13H21BrN2OS. The Bertz CT molecular complexity index is 427. The SMILES string of the molecule is CCc1nn(C)c(CC(O)C2(C)CCCS2)c1Br. The highest BCUT2D eigenvalue weighted by molar-refractivity contribution is 9.10. The smallest absolute Gasteiger partial charge is 0.0766 e. The molecule has 1 aromatic rings. The molecular weight excluding hydrogens is 312 g/mol. The maximum Gasteiger partial charge on any atom is 0.0766 e. The van der Waals surface area contributed by atoms with E-state index in [9.17, 15) is 5.11 Å². The van der Waals surface area contributed by atoms with Crippen LogP contribution in [0, 0.1) is 0 Å².